The van der Waals surface area contributed by atoms with Crippen molar-refractivity contribution in [2.45, 2.75) is 12.8 Å². The first-order chi connectivity index (χ1) is 14.5. The van der Waals surface area contributed by atoms with E-state index in [0.717, 1.165) is 16.6 Å². The van der Waals surface area contributed by atoms with Gasteiger partial charge in [-0.1, -0.05) is 17.3 Å². The van der Waals surface area contributed by atoms with Crippen LogP contribution >= 0.6 is 0 Å². The minimum absolute atomic E-state index is 0.115. The summed E-state index contributed by atoms with van der Waals surface area (Å²) >= 11 is 0. The van der Waals surface area contributed by atoms with Crippen molar-refractivity contribution in [1.82, 2.24) is 19.3 Å². The van der Waals surface area contributed by atoms with Crippen LogP contribution in [0.25, 0.3) is 22.4 Å². The Morgan fingerprint density at radius 3 is 2.70 bits per heavy atom. The van der Waals surface area contributed by atoms with Gasteiger partial charge in [0.25, 0.3) is 0 Å². The first kappa shape index (κ1) is 19.4. The molecule has 1 amide bonds. The average molecular weight is 407 g/mol. The highest BCUT2D eigenvalue weighted by atomic mass is 16.5. The zero-order valence-corrected chi connectivity index (χ0v) is 16.9. The lowest BCUT2D eigenvalue weighted by Crippen LogP contribution is -2.19. The van der Waals surface area contributed by atoms with E-state index in [1.54, 1.807) is 42.5 Å². The van der Waals surface area contributed by atoms with E-state index in [9.17, 15) is 9.59 Å². The number of hydrogen-bond acceptors (Lipinski definition) is 6. The maximum atomic E-state index is 12.4. The Morgan fingerprint density at radius 1 is 1.13 bits per heavy atom. The van der Waals surface area contributed by atoms with Gasteiger partial charge in [0, 0.05) is 32.6 Å². The number of aromatic nitrogens is 4. The Hall–Kier alpha value is -3.88. The zero-order chi connectivity index (χ0) is 21.3. The summed E-state index contributed by atoms with van der Waals surface area (Å²) in [5.74, 6) is 1.24. The Morgan fingerprint density at radius 2 is 1.90 bits per heavy atom. The molecular formula is C21H21N5O4. The lowest BCUT2D eigenvalue weighted by Gasteiger charge is -2.05. The summed E-state index contributed by atoms with van der Waals surface area (Å²) in [5.41, 5.74) is 2.78. The van der Waals surface area contributed by atoms with Crippen LogP contribution in [0.3, 0.4) is 0 Å². The van der Waals surface area contributed by atoms with Crippen LogP contribution < -0.4 is 15.7 Å². The van der Waals surface area contributed by atoms with Crippen LogP contribution in [0.4, 0.5) is 5.69 Å². The van der Waals surface area contributed by atoms with Crippen molar-refractivity contribution in [1.29, 1.82) is 0 Å². The number of para-hydroxylation sites is 1. The van der Waals surface area contributed by atoms with Gasteiger partial charge in [0.05, 0.1) is 23.7 Å². The van der Waals surface area contributed by atoms with Crippen LogP contribution in [0.15, 0.2) is 51.8 Å². The van der Waals surface area contributed by atoms with Crippen molar-refractivity contribution in [3.05, 3.63) is 58.8 Å². The molecule has 0 spiro atoms. The Kier molecular flexibility index (Phi) is 5.09. The highest BCUT2D eigenvalue weighted by Crippen LogP contribution is 2.27. The van der Waals surface area contributed by atoms with Gasteiger partial charge >= 0.3 is 5.69 Å². The number of amides is 1. The first-order valence-electron chi connectivity index (χ1n) is 9.39. The van der Waals surface area contributed by atoms with Gasteiger partial charge in [0.2, 0.25) is 17.6 Å². The molecule has 9 heteroatoms. The average Bonchev–Trinajstić information content (AvgIpc) is 3.32. The van der Waals surface area contributed by atoms with Crippen molar-refractivity contribution in [3.63, 3.8) is 0 Å². The van der Waals surface area contributed by atoms with Crippen molar-refractivity contribution < 1.29 is 14.1 Å². The van der Waals surface area contributed by atoms with Gasteiger partial charge in [-0.3, -0.25) is 13.9 Å². The minimum atomic E-state index is -0.188. The fourth-order valence-corrected chi connectivity index (χ4v) is 3.32. The highest BCUT2D eigenvalue weighted by Gasteiger charge is 2.14. The van der Waals surface area contributed by atoms with E-state index in [2.05, 4.69) is 15.5 Å². The fourth-order valence-electron chi connectivity index (χ4n) is 3.32. The molecule has 0 bridgehead atoms. The van der Waals surface area contributed by atoms with Crippen LogP contribution in [0.5, 0.6) is 5.75 Å². The number of nitrogens with zero attached hydrogens (tertiary/aromatic N) is 4. The normalized spacial score (nSPS) is 11.0. The molecule has 0 aliphatic rings. The molecule has 9 nitrogen and oxygen atoms in total. The molecule has 0 saturated heterocycles. The molecule has 2 aromatic heterocycles. The third-order valence-electron chi connectivity index (χ3n) is 4.94. The molecule has 0 atom stereocenters. The van der Waals surface area contributed by atoms with E-state index < -0.39 is 0 Å². The quantitative estimate of drug-likeness (QED) is 0.527. The van der Waals surface area contributed by atoms with E-state index in [4.69, 9.17) is 9.26 Å². The van der Waals surface area contributed by atoms with E-state index in [1.165, 1.54) is 0 Å². The number of hydrogen-bond donors (Lipinski definition) is 1. The summed E-state index contributed by atoms with van der Waals surface area (Å²) in [4.78, 5) is 28.7. The number of ether oxygens (including phenoxy) is 1. The molecule has 4 rings (SSSR count). The molecule has 0 aliphatic carbocycles. The fraction of sp³-hybridized carbons (Fsp3) is 0.238. The number of benzene rings is 2. The van der Waals surface area contributed by atoms with Gasteiger partial charge in [-0.05, 0) is 30.3 Å². The van der Waals surface area contributed by atoms with Crippen LogP contribution in [0.2, 0.25) is 0 Å². The second-order valence-electron chi connectivity index (χ2n) is 6.86. The van der Waals surface area contributed by atoms with Gasteiger partial charge in [-0.25, -0.2) is 4.79 Å². The number of methoxy groups -OCH3 is 1. The van der Waals surface area contributed by atoms with Crippen LogP contribution in [0.1, 0.15) is 12.3 Å². The van der Waals surface area contributed by atoms with E-state index in [1.807, 2.05) is 30.3 Å². The summed E-state index contributed by atoms with van der Waals surface area (Å²) in [6.45, 7) is 0. The van der Waals surface area contributed by atoms with Crippen LogP contribution in [0, 0.1) is 0 Å². The smallest absolute Gasteiger partial charge is 0.328 e. The third kappa shape index (κ3) is 3.57. The van der Waals surface area contributed by atoms with Gasteiger partial charge in [-0.15, -0.1) is 0 Å². The highest BCUT2D eigenvalue weighted by molar-refractivity contribution is 5.93. The van der Waals surface area contributed by atoms with Gasteiger partial charge in [-0.2, -0.15) is 4.98 Å². The molecule has 0 radical (unpaired) electrons. The lowest BCUT2D eigenvalue weighted by molar-refractivity contribution is -0.116. The molecule has 0 saturated carbocycles. The maximum absolute atomic E-state index is 12.4. The van der Waals surface area contributed by atoms with E-state index in [-0.39, 0.29) is 18.0 Å². The first-order valence-corrected chi connectivity index (χ1v) is 9.39. The van der Waals surface area contributed by atoms with Crippen molar-refractivity contribution in [2.24, 2.45) is 14.1 Å². The largest absolute Gasteiger partial charge is 0.496 e. The number of aryl methyl sites for hydroxylation is 3. The van der Waals surface area contributed by atoms with Gasteiger partial charge < -0.3 is 14.6 Å². The van der Waals surface area contributed by atoms with E-state index >= 15 is 0 Å². The van der Waals surface area contributed by atoms with Crippen molar-refractivity contribution in [2.75, 3.05) is 12.4 Å². The lowest BCUT2D eigenvalue weighted by atomic mass is 10.2. The van der Waals surface area contributed by atoms with Crippen LogP contribution in [-0.4, -0.2) is 32.3 Å². The Bertz CT molecular complexity index is 1280. The molecule has 1 N–H and O–H groups in total. The number of fused-ring (bicyclic) bond motifs is 1. The molecule has 0 aliphatic heterocycles. The number of carbonyl (C=O) groups is 1. The number of anilines is 1. The SMILES string of the molecule is COc1ccccc1-c1noc(CCC(=O)Nc2ccc3c(c2)n(C)c(=O)n3C)n1. The summed E-state index contributed by atoms with van der Waals surface area (Å²) in [7, 11) is 4.99. The molecule has 154 valence electrons. The molecule has 2 heterocycles. The van der Waals surface area contributed by atoms with Gasteiger partial charge in [0.15, 0.2) is 0 Å². The zero-order valence-electron chi connectivity index (χ0n) is 16.9. The molecule has 0 unspecified atom stereocenters. The predicted molar refractivity (Wildman–Crippen MR) is 111 cm³/mol. The van der Waals surface area contributed by atoms with Crippen LogP contribution in [-0.2, 0) is 25.3 Å². The second kappa shape index (κ2) is 7.86. The molecule has 30 heavy (non-hydrogen) atoms. The van der Waals surface area contributed by atoms with Crippen molar-refractivity contribution in [3.8, 4) is 17.1 Å². The Balaban J connectivity index is 1.42. The summed E-state index contributed by atoms with van der Waals surface area (Å²) < 4.78 is 13.7. The topological polar surface area (TPSA) is 104 Å². The molecule has 2 aromatic carbocycles. The third-order valence-corrected chi connectivity index (χ3v) is 4.94. The van der Waals surface area contributed by atoms with Crippen molar-refractivity contribution >= 4 is 22.6 Å². The second-order valence-corrected chi connectivity index (χ2v) is 6.86. The molecule has 4 aromatic rings. The number of imidazole rings is 1. The number of carbonyl (C=O) groups excluding carboxylic acids is 1. The molecule has 0 fully saturated rings. The Labute approximate surface area is 171 Å². The summed E-state index contributed by atoms with van der Waals surface area (Å²) in [6, 6.07) is 12.7. The molecular weight excluding hydrogens is 386 g/mol. The standard InChI is InChI=1S/C21H21N5O4/c1-25-15-9-8-13(12-16(15)26(2)21(25)28)22-18(27)10-11-19-23-20(24-30-19)14-6-4-5-7-17(14)29-3/h4-9,12H,10-11H2,1-3H3,(H,22,27). The minimum Gasteiger partial charge on any atom is -0.496 e. The number of nitrogens with one attached hydrogen (secondary N) is 1. The van der Waals surface area contributed by atoms with E-state index in [0.29, 0.717) is 29.6 Å². The summed E-state index contributed by atoms with van der Waals surface area (Å²) in [6.07, 6.45) is 0.485. The summed E-state index contributed by atoms with van der Waals surface area (Å²) in [5, 5.41) is 6.82. The maximum Gasteiger partial charge on any atom is 0.328 e. The van der Waals surface area contributed by atoms with Gasteiger partial charge in [0.1, 0.15) is 5.75 Å². The predicted octanol–water partition coefficient (Wildman–Crippen LogP) is 2.51. The number of rotatable bonds is 6. The monoisotopic (exact) mass is 407 g/mol.